The van der Waals surface area contributed by atoms with Gasteiger partial charge >= 0.3 is 6.03 Å². The molecule has 0 saturated carbocycles. The molecule has 0 rings (SSSR count). The maximum atomic E-state index is 11.3. The Morgan fingerprint density at radius 2 is 2.00 bits per heavy atom. The first-order valence-corrected chi connectivity index (χ1v) is 5.39. The molecule has 2 amide bonds. The van der Waals surface area contributed by atoms with Gasteiger partial charge in [0.25, 0.3) is 0 Å². The van der Waals surface area contributed by atoms with E-state index >= 15 is 0 Å². The van der Waals surface area contributed by atoms with Gasteiger partial charge in [-0.1, -0.05) is 6.08 Å². The molecule has 4 nitrogen and oxygen atoms in total. The Morgan fingerprint density at radius 3 is 2.53 bits per heavy atom. The third kappa shape index (κ3) is 8.00. The van der Waals surface area contributed by atoms with E-state index in [-0.39, 0.29) is 24.7 Å². The highest BCUT2D eigenvalue weighted by Crippen LogP contribution is 2.00. The van der Waals surface area contributed by atoms with Crippen molar-refractivity contribution in [3.8, 4) is 0 Å². The molecule has 15 heavy (non-hydrogen) atoms. The van der Waals surface area contributed by atoms with Gasteiger partial charge in [0.15, 0.2) is 0 Å². The van der Waals surface area contributed by atoms with Crippen LogP contribution in [-0.2, 0) is 0 Å². The minimum absolute atomic E-state index is 0.0434. The number of hydrogen-bond acceptors (Lipinski definition) is 2. The van der Waals surface area contributed by atoms with E-state index in [2.05, 4.69) is 17.2 Å². The van der Waals surface area contributed by atoms with Gasteiger partial charge in [-0.15, -0.1) is 6.58 Å². The Labute approximate surface area is 91.8 Å². The molecule has 0 aromatic heterocycles. The number of aliphatic hydroxyl groups is 1. The van der Waals surface area contributed by atoms with Gasteiger partial charge in [0.05, 0.1) is 12.6 Å². The summed E-state index contributed by atoms with van der Waals surface area (Å²) in [5, 5.41) is 14.2. The second-order valence-electron chi connectivity index (χ2n) is 3.82. The Kier molecular flexibility index (Phi) is 7.72. The Balaban J connectivity index is 3.61. The monoisotopic (exact) mass is 214 g/mol. The molecule has 2 atom stereocenters. The largest absolute Gasteiger partial charge is 0.394 e. The molecule has 4 heteroatoms. The van der Waals surface area contributed by atoms with Crippen molar-refractivity contribution in [2.45, 2.75) is 45.2 Å². The molecule has 0 heterocycles. The van der Waals surface area contributed by atoms with Crippen LogP contribution in [0.2, 0.25) is 0 Å². The van der Waals surface area contributed by atoms with Gasteiger partial charge in [0.1, 0.15) is 0 Å². The summed E-state index contributed by atoms with van der Waals surface area (Å²) in [6.45, 7) is 7.31. The third-order valence-corrected chi connectivity index (χ3v) is 2.07. The van der Waals surface area contributed by atoms with Gasteiger partial charge < -0.3 is 15.7 Å². The zero-order valence-corrected chi connectivity index (χ0v) is 9.62. The normalized spacial score (nSPS) is 14.1. The number of amides is 2. The molecule has 0 aromatic rings. The first-order chi connectivity index (χ1) is 7.10. The van der Waals surface area contributed by atoms with Crippen LogP contribution in [0.25, 0.3) is 0 Å². The molecule has 0 saturated heterocycles. The molecule has 0 aliphatic carbocycles. The minimum atomic E-state index is -0.220. The SMILES string of the molecule is C=CCCCC(C)NC(=O)N[C@@H](C)CO. The molecule has 0 radical (unpaired) electrons. The van der Waals surface area contributed by atoms with Gasteiger partial charge in [0.2, 0.25) is 0 Å². The second-order valence-corrected chi connectivity index (χ2v) is 3.82. The maximum absolute atomic E-state index is 11.3. The van der Waals surface area contributed by atoms with Crippen LogP contribution in [0.1, 0.15) is 33.1 Å². The van der Waals surface area contributed by atoms with Crippen molar-refractivity contribution in [1.82, 2.24) is 10.6 Å². The molecule has 0 fully saturated rings. The molecule has 3 N–H and O–H groups in total. The van der Waals surface area contributed by atoms with Crippen molar-refractivity contribution in [2.75, 3.05) is 6.61 Å². The fourth-order valence-corrected chi connectivity index (χ4v) is 1.18. The lowest BCUT2D eigenvalue weighted by Gasteiger charge is -2.16. The van der Waals surface area contributed by atoms with E-state index < -0.39 is 0 Å². The summed E-state index contributed by atoms with van der Waals surface area (Å²) in [7, 11) is 0. The van der Waals surface area contributed by atoms with Crippen molar-refractivity contribution in [3.05, 3.63) is 12.7 Å². The van der Waals surface area contributed by atoms with Crippen molar-refractivity contribution in [1.29, 1.82) is 0 Å². The maximum Gasteiger partial charge on any atom is 0.315 e. The van der Waals surface area contributed by atoms with Crippen molar-refractivity contribution >= 4 is 6.03 Å². The third-order valence-electron chi connectivity index (χ3n) is 2.07. The first kappa shape index (κ1) is 14.0. The summed E-state index contributed by atoms with van der Waals surface area (Å²) in [5.74, 6) is 0. The van der Waals surface area contributed by atoms with E-state index in [0.717, 1.165) is 19.3 Å². The predicted octanol–water partition coefficient (Wildman–Crippen LogP) is 1.41. The number of rotatable bonds is 7. The first-order valence-electron chi connectivity index (χ1n) is 5.39. The molecular formula is C11H22N2O2. The molecular weight excluding hydrogens is 192 g/mol. The lowest BCUT2D eigenvalue weighted by Crippen LogP contribution is -2.45. The zero-order valence-electron chi connectivity index (χ0n) is 9.62. The van der Waals surface area contributed by atoms with Crippen LogP contribution in [-0.4, -0.2) is 29.8 Å². The van der Waals surface area contributed by atoms with Gasteiger partial charge in [-0.2, -0.15) is 0 Å². The van der Waals surface area contributed by atoms with E-state index in [9.17, 15) is 4.79 Å². The van der Waals surface area contributed by atoms with Gasteiger partial charge in [0, 0.05) is 6.04 Å². The molecule has 0 aromatic carbocycles. The predicted molar refractivity (Wildman–Crippen MR) is 61.7 cm³/mol. The van der Waals surface area contributed by atoms with Crippen molar-refractivity contribution < 1.29 is 9.90 Å². The van der Waals surface area contributed by atoms with Crippen LogP contribution < -0.4 is 10.6 Å². The van der Waals surface area contributed by atoms with Crippen LogP contribution in [0.4, 0.5) is 4.79 Å². The van der Waals surface area contributed by atoms with E-state index in [1.807, 2.05) is 13.0 Å². The zero-order chi connectivity index (χ0) is 11.7. The summed E-state index contributed by atoms with van der Waals surface area (Å²) < 4.78 is 0. The quantitative estimate of drug-likeness (QED) is 0.443. The number of carbonyl (C=O) groups is 1. The van der Waals surface area contributed by atoms with Crippen LogP contribution in [0, 0.1) is 0 Å². The fourth-order valence-electron chi connectivity index (χ4n) is 1.18. The number of allylic oxidation sites excluding steroid dienone is 1. The lowest BCUT2D eigenvalue weighted by atomic mass is 10.1. The van der Waals surface area contributed by atoms with E-state index in [1.54, 1.807) is 6.92 Å². The second kappa shape index (κ2) is 8.29. The smallest absolute Gasteiger partial charge is 0.315 e. The number of urea groups is 1. The van der Waals surface area contributed by atoms with Gasteiger partial charge in [-0.3, -0.25) is 0 Å². The molecule has 0 aliphatic heterocycles. The summed E-state index contributed by atoms with van der Waals surface area (Å²) in [6.07, 6.45) is 4.81. The number of nitrogens with one attached hydrogen (secondary N) is 2. The van der Waals surface area contributed by atoms with Crippen LogP contribution in [0.3, 0.4) is 0 Å². The molecule has 88 valence electrons. The van der Waals surface area contributed by atoms with Gasteiger partial charge in [-0.25, -0.2) is 4.79 Å². The summed E-state index contributed by atoms with van der Waals surface area (Å²) in [5.41, 5.74) is 0. The number of hydrogen-bond donors (Lipinski definition) is 3. The number of carbonyl (C=O) groups excluding carboxylic acids is 1. The lowest BCUT2D eigenvalue weighted by molar-refractivity contribution is 0.217. The van der Waals surface area contributed by atoms with Crippen LogP contribution >= 0.6 is 0 Å². The summed E-state index contributed by atoms with van der Waals surface area (Å²) >= 11 is 0. The number of aliphatic hydroxyl groups excluding tert-OH is 1. The van der Waals surface area contributed by atoms with Crippen LogP contribution in [0.5, 0.6) is 0 Å². The number of unbranched alkanes of at least 4 members (excludes halogenated alkanes) is 1. The minimum Gasteiger partial charge on any atom is -0.394 e. The van der Waals surface area contributed by atoms with Crippen molar-refractivity contribution in [3.63, 3.8) is 0 Å². The molecule has 1 unspecified atom stereocenters. The molecule has 0 bridgehead atoms. The fraction of sp³-hybridized carbons (Fsp3) is 0.727. The molecule has 0 aliphatic rings. The Bertz CT molecular complexity index is 195. The van der Waals surface area contributed by atoms with E-state index in [0.29, 0.717) is 0 Å². The van der Waals surface area contributed by atoms with E-state index in [4.69, 9.17) is 5.11 Å². The average molecular weight is 214 g/mol. The van der Waals surface area contributed by atoms with E-state index in [1.165, 1.54) is 0 Å². The topological polar surface area (TPSA) is 61.4 Å². The highest BCUT2D eigenvalue weighted by molar-refractivity contribution is 5.74. The Morgan fingerprint density at radius 1 is 1.40 bits per heavy atom. The van der Waals surface area contributed by atoms with Gasteiger partial charge in [-0.05, 0) is 33.1 Å². The highest BCUT2D eigenvalue weighted by atomic mass is 16.3. The summed E-state index contributed by atoms with van der Waals surface area (Å²) in [6, 6.07) is -0.274. The van der Waals surface area contributed by atoms with Crippen LogP contribution in [0.15, 0.2) is 12.7 Å². The summed E-state index contributed by atoms with van der Waals surface area (Å²) in [4.78, 5) is 11.3. The highest BCUT2D eigenvalue weighted by Gasteiger charge is 2.08. The standard InChI is InChI=1S/C11H22N2O2/c1-4-5-6-7-9(2)12-11(15)13-10(3)8-14/h4,9-10,14H,1,5-8H2,2-3H3,(H2,12,13,15)/t9?,10-/m0/s1. The molecule has 0 spiro atoms. The van der Waals surface area contributed by atoms with Crippen molar-refractivity contribution in [2.24, 2.45) is 0 Å². The average Bonchev–Trinajstić information content (AvgIpc) is 2.17. The Hall–Kier alpha value is -1.03.